The maximum absolute atomic E-state index is 6.12. The average Bonchev–Trinajstić information content (AvgIpc) is 2.70. The van der Waals surface area contributed by atoms with Crippen LogP contribution in [0.4, 0.5) is 5.69 Å². The summed E-state index contributed by atoms with van der Waals surface area (Å²) in [6.45, 7) is 6.30. The first kappa shape index (κ1) is 11.5. The van der Waals surface area contributed by atoms with Gasteiger partial charge in [0.1, 0.15) is 0 Å². The first-order valence-electron chi connectivity index (χ1n) is 6.51. The number of fused-ring (bicyclic) bond motifs is 1. The molecule has 1 fully saturated rings. The summed E-state index contributed by atoms with van der Waals surface area (Å²) in [4.78, 5) is 6.88. The number of nitrogens with two attached hydrogens (primary N) is 1. The Balaban J connectivity index is 2.10. The summed E-state index contributed by atoms with van der Waals surface area (Å²) in [5.74, 6) is 0.554. The molecule has 2 atom stereocenters. The molecule has 3 heteroatoms. The highest BCUT2D eigenvalue weighted by Gasteiger charge is 2.27. The normalized spacial score (nSPS) is 23.8. The molecule has 0 aliphatic carbocycles. The third kappa shape index (κ3) is 1.75. The Bertz CT molecular complexity index is 569. The van der Waals surface area contributed by atoms with Gasteiger partial charge in [-0.25, -0.2) is 0 Å². The minimum Gasteiger partial charge on any atom is -0.369 e. The van der Waals surface area contributed by atoms with Crippen LogP contribution in [0.5, 0.6) is 0 Å². The molecule has 1 aromatic carbocycles. The summed E-state index contributed by atoms with van der Waals surface area (Å²) in [6, 6.07) is 8.78. The van der Waals surface area contributed by atoms with E-state index in [1.807, 2.05) is 12.3 Å². The molecule has 0 spiro atoms. The van der Waals surface area contributed by atoms with Crippen molar-refractivity contribution in [2.75, 3.05) is 18.0 Å². The summed E-state index contributed by atoms with van der Waals surface area (Å²) in [7, 11) is 0. The third-order valence-electron chi connectivity index (χ3n) is 3.96. The highest BCUT2D eigenvalue weighted by atomic mass is 15.2. The highest BCUT2D eigenvalue weighted by Crippen LogP contribution is 2.31. The molecule has 1 saturated heterocycles. The van der Waals surface area contributed by atoms with E-state index in [2.05, 4.69) is 41.9 Å². The van der Waals surface area contributed by atoms with Crippen LogP contribution in [0, 0.1) is 12.8 Å². The number of hydrogen-bond acceptors (Lipinski definition) is 3. The summed E-state index contributed by atoms with van der Waals surface area (Å²) >= 11 is 0. The van der Waals surface area contributed by atoms with Crippen molar-refractivity contribution < 1.29 is 0 Å². The van der Waals surface area contributed by atoms with Crippen molar-refractivity contribution in [3.63, 3.8) is 0 Å². The number of aryl methyl sites for hydroxylation is 1. The van der Waals surface area contributed by atoms with E-state index < -0.39 is 0 Å². The van der Waals surface area contributed by atoms with Crippen LogP contribution in [0.1, 0.15) is 12.5 Å². The van der Waals surface area contributed by atoms with E-state index in [4.69, 9.17) is 5.73 Å². The SMILES string of the molecule is Cc1ccc(N2CC(C)[C@@H](N)C2)c2cccnc12. The van der Waals surface area contributed by atoms with Crippen LogP contribution >= 0.6 is 0 Å². The number of benzene rings is 1. The van der Waals surface area contributed by atoms with E-state index in [9.17, 15) is 0 Å². The van der Waals surface area contributed by atoms with Crippen molar-refractivity contribution >= 4 is 16.6 Å². The molecule has 3 rings (SSSR count). The number of hydrogen-bond donors (Lipinski definition) is 1. The molecule has 1 unspecified atom stereocenters. The lowest BCUT2D eigenvalue weighted by Crippen LogP contribution is -2.28. The van der Waals surface area contributed by atoms with Gasteiger partial charge in [0.2, 0.25) is 0 Å². The van der Waals surface area contributed by atoms with Crippen LogP contribution in [0.15, 0.2) is 30.5 Å². The number of nitrogens with zero attached hydrogens (tertiary/aromatic N) is 2. The Kier molecular flexibility index (Phi) is 2.71. The van der Waals surface area contributed by atoms with E-state index in [-0.39, 0.29) is 6.04 Å². The number of anilines is 1. The molecule has 94 valence electrons. The smallest absolute Gasteiger partial charge is 0.0751 e. The van der Waals surface area contributed by atoms with E-state index in [0.717, 1.165) is 18.6 Å². The minimum atomic E-state index is 0.276. The van der Waals surface area contributed by atoms with E-state index >= 15 is 0 Å². The van der Waals surface area contributed by atoms with Crippen LogP contribution < -0.4 is 10.6 Å². The molecule has 1 aromatic heterocycles. The fourth-order valence-corrected chi connectivity index (χ4v) is 2.76. The van der Waals surface area contributed by atoms with Crippen LogP contribution in [-0.2, 0) is 0 Å². The lowest BCUT2D eigenvalue weighted by molar-refractivity contribution is 0.566. The summed E-state index contributed by atoms with van der Waals surface area (Å²) in [5.41, 5.74) is 9.72. The average molecular weight is 241 g/mol. The molecule has 0 bridgehead atoms. The molecule has 0 amide bonds. The van der Waals surface area contributed by atoms with Gasteiger partial charge in [-0.05, 0) is 36.6 Å². The molecular formula is C15H19N3. The maximum Gasteiger partial charge on any atom is 0.0751 e. The molecule has 1 aliphatic rings. The second-order valence-corrected chi connectivity index (χ2v) is 5.35. The van der Waals surface area contributed by atoms with Crippen molar-refractivity contribution in [2.45, 2.75) is 19.9 Å². The monoisotopic (exact) mass is 241 g/mol. The van der Waals surface area contributed by atoms with Gasteiger partial charge in [0.25, 0.3) is 0 Å². The first-order valence-corrected chi connectivity index (χ1v) is 6.51. The first-order chi connectivity index (χ1) is 8.66. The summed E-state index contributed by atoms with van der Waals surface area (Å²) in [6.07, 6.45) is 1.86. The zero-order valence-corrected chi connectivity index (χ0v) is 10.9. The van der Waals surface area contributed by atoms with Crippen molar-refractivity contribution in [1.29, 1.82) is 0 Å². The van der Waals surface area contributed by atoms with E-state index in [1.165, 1.54) is 16.6 Å². The minimum absolute atomic E-state index is 0.276. The number of rotatable bonds is 1. The van der Waals surface area contributed by atoms with Crippen molar-refractivity contribution in [3.8, 4) is 0 Å². The molecule has 2 heterocycles. The van der Waals surface area contributed by atoms with Crippen LogP contribution in [-0.4, -0.2) is 24.1 Å². The summed E-state index contributed by atoms with van der Waals surface area (Å²) < 4.78 is 0. The predicted molar refractivity (Wildman–Crippen MR) is 75.8 cm³/mol. The Hall–Kier alpha value is -1.61. The molecule has 18 heavy (non-hydrogen) atoms. The van der Waals surface area contributed by atoms with Gasteiger partial charge in [-0.3, -0.25) is 4.98 Å². The predicted octanol–water partition coefficient (Wildman–Crippen LogP) is 2.33. The lowest BCUT2D eigenvalue weighted by atomic mass is 10.1. The molecule has 2 N–H and O–H groups in total. The standard InChI is InChI=1S/C15H19N3/c1-10-5-6-14(12-4-3-7-17-15(10)12)18-8-11(2)13(16)9-18/h3-7,11,13H,8-9,16H2,1-2H3/t11?,13-/m0/s1. The molecular weight excluding hydrogens is 222 g/mol. The van der Waals surface area contributed by atoms with Crippen LogP contribution in [0.3, 0.4) is 0 Å². The zero-order chi connectivity index (χ0) is 12.7. The lowest BCUT2D eigenvalue weighted by Gasteiger charge is -2.20. The second-order valence-electron chi connectivity index (χ2n) is 5.35. The van der Waals surface area contributed by atoms with Gasteiger partial charge >= 0.3 is 0 Å². The van der Waals surface area contributed by atoms with Gasteiger partial charge in [0.15, 0.2) is 0 Å². The zero-order valence-electron chi connectivity index (χ0n) is 10.9. The maximum atomic E-state index is 6.12. The Morgan fingerprint density at radius 2 is 2.11 bits per heavy atom. The van der Waals surface area contributed by atoms with Gasteiger partial charge in [0.05, 0.1) is 5.52 Å². The van der Waals surface area contributed by atoms with Gasteiger partial charge < -0.3 is 10.6 Å². The Labute approximate surface area is 108 Å². The van der Waals surface area contributed by atoms with Crippen molar-refractivity contribution in [2.24, 2.45) is 11.7 Å². The number of aromatic nitrogens is 1. The Morgan fingerprint density at radius 1 is 1.28 bits per heavy atom. The molecule has 2 aromatic rings. The van der Waals surface area contributed by atoms with Gasteiger partial charge in [-0.2, -0.15) is 0 Å². The van der Waals surface area contributed by atoms with Crippen molar-refractivity contribution in [1.82, 2.24) is 4.98 Å². The molecule has 0 radical (unpaired) electrons. The largest absolute Gasteiger partial charge is 0.369 e. The van der Waals surface area contributed by atoms with Crippen molar-refractivity contribution in [3.05, 3.63) is 36.0 Å². The van der Waals surface area contributed by atoms with Crippen LogP contribution in [0.2, 0.25) is 0 Å². The number of pyridine rings is 1. The highest BCUT2D eigenvalue weighted by molar-refractivity contribution is 5.93. The van der Waals surface area contributed by atoms with Gasteiger partial charge in [0, 0.05) is 36.4 Å². The van der Waals surface area contributed by atoms with Crippen LogP contribution in [0.25, 0.3) is 10.9 Å². The second kappa shape index (κ2) is 4.25. The molecule has 3 nitrogen and oxygen atoms in total. The molecule has 0 saturated carbocycles. The van der Waals surface area contributed by atoms with Gasteiger partial charge in [-0.1, -0.05) is 13.0 Å². The van der Waals surface area contributed by atoms with E-state index in [0.29, 0.717) is 5.92 Å². The fourth-order valence-electron chi connectivity index (χ4n) is 2.76. The Morgan fingerprint density at radius 3 is 2.83 bits per heavy atom. The van der Waals surface area contributed by atoms with E-state index in [1.54, 1.807) is 0 Å². The third-order valence-corrected chi connectivity index (χ3v) is 3.96. The quantitative estimate of drug-likeness (QED) is 0.833. The fraction of sp³-hybridized carbons (Fsp3) is 0.400. The molecule has 1 aliphatic heterocycles. The summed E-state index contributed by atoms with van der Waals surface area (Å²) in [5, 5.41) is 1.24. The topological polar surface area (TPSA) is 42.1 Å². The van der Waals surface area contributed by atoms with Gasteiger partial charge in [-0.15, -0.1) is 0 Å².